The minimum Gasteiger partial charge on any atom is -1.00 e. The summed E-state index contributed by atoms with van der Waals surface area (Å²) in [6, 6.07) is 0. The fraction of sp³-hybridized carbons (Fsp3) is 1.00. The molecule has 58 valence electrons. The molecule has 9 heavy (non-hydrogen) atoms. The second kappa shape index (κ2) is 6.05. The van der Waals surface area contributed by atoms with Crippen LogP contribution in [0, 0.1) is 0 Å². The summed E-state index contributed by atoms with van der Waals surface area (Å²) >= 11 is 3.55. The molecule has 0 fully saturated rings. The van der Waals surface area contributed by atoms with Crippen molar-refractivity contribution in [2.75, 3.05) is 12.5 Å². The molecular formula is C6H14Br2S. The van der Waals surface area contributed by atoms with Crippen molar-refractivity contribution in [2.24, 2.45) is 0 Å². The molecule has 2 unspecified atom stereocenters. The molecule has 0 saturated heterocycles. The van der Waals surface area contributed by atoms with Crippen molar-refractivity contribution in [1.82, 2.24) is 0 Å². The SMILES string of the molecule is CC(Br)C(C)[S+](C)C.[Br-]. The highest BCUT2D eigenvalue weighted by Crippen LogP contribution is 2.11. The largest absolute Gasteiger partial charge is 1.00 e. The molecule has 0 nitrogen and oxygen atoms in total. The van der Waals surface area contributed by atoms with Crippen LogP contribution >= 0.6 is 15.9 Å². The van der Waals surface area contributed by atoms with Gasteiger partial charge in [-0.15, -0.1) is 0 Å². The van der Waals surface area contributed by atoms with Gasteiger partial charge in [0.05, 0.1) is 17.3 Å². The van der Waals surface area contributed by atoms with E-state index >= 15 is 0 Å². The van der Waals surface area contributed by atoms with E-state index in [1.54, 1.807) is 0 Å². The van der Waals surface area contributed by atoms with Crippen molar-refractivity contribution >= 4 is 26.8 Å². The van der Waals surface area contributed by atoms with E-state index in [0.29, 0.717) is 15.7 Å². The lowest BCUT2D eigenvalue weighted by atomic mass is 10.4. The maximum absolute atomic E-state index is 3.55. The summed E-state index contributed by atoms with van der Waals surface area (Å²) in [5.41, 5.74) is 0. The highest BCUT2D eigenvalue weighted by molar-refractivity contribution is 9.09. The van der Waals surface area contributed by atoms with Crippen LogP contribution in [0.2, 0.25) is 0 Å². The van der Waals surface area contributed by atoms with E-state index in [-0.39, 0.29) is 17.0 Å². The van der Waals surface area contributed by atoms with Gasteiger partial charge >= 0.3 is 0 Å². The Bertz CT molecular complexity index is 56.1. The second-order valence-electron chi connectivity index (χ2n) is 2.26. The summed E-state index contributed by atoms with van der Waals surface area (Å²) in [6.45, 7) is 4.49. The Morgan fingerprint density at radius 3 is 1.56 bits per heavy atom. The zero-order valence-corrected chi connectivity index (χ0v) is 10.3. The van der Waals surface area contributed by atoms with Gasteiger partial charge in [0.2, 0.25) is 0 Å². The molecule has 0 rings (SSSR count). The standard InChI is InChI=1S/C6H14BrS.BrH/c1-5(7)6(2)8(3)4;/h5-6H,1-4H3;1H/q+1;/p-1. The summed E-state index contributed by atoms with van der Waals surface area (Å²) < 4.78 is 0. The van der Waals surface area contributed by atoms with Crippen molar-refractivity contribution in [3.05, 3.63) is 0 Å². The van der Waals surface area contributed by atoms with Crippen LogP contribution < -0.4 is 17.0 Å². The first kappa shape index (κ1) is 12.9. The average Bonchev–Trinajstić information content (AvgIpc) is 1.64. The molecule has 0 aliphatic carbocycles. The maximum atomic E-state index is 3.55. The van der Waals surface area contributed by atoms with E-state index in [1.807, 2.05) is 0 Å². The normalized spacial score (nSPS) is 16.7. The molecule has 0 saturated carbocycles. The van der Waals surface area contributed by atoms with Crippen LogP contribution in [0.4, 0.5) is 0 Å². The predicted molar refractivity (Wildman–Crippen MR) is 47.1 cm³/mol. The minimum atomic E-state index is 0. The van der Waals surface area contributed by atoms with Gasteiger partial charge in [-0.25, -0.2) is 0 Å². The Morgan fingerprint density at radius 1 is 1.22 bits per heavy atom. The average molecular weight is 278 g/mol. The van der Waals surface area contributed by atoms with E-state index in [9.17, 15) is 0 Å². The van der Waals surface area contributed by atoms with E-state index in [2.05, 4.69) is 42.3 Å². The summed E-state index contributed by atoms with van der Waals surface area (Å²) in [5, 5.41) is 0.815. The van der Waals surface area contributed by atoms with Gasteiger partial charge in [-0.05, 0) is 24.7 Å². The van der Waals surface area contributed by atoms with Crippen LogP contribution in [0.5, 0.6) is 0 Å². The molecule has 2 atom stereocenters. The molecule has 0 spiro atoms. The van der Waals surface area contributed by atoms with E-state index in [0.717, 1.165) is 5.25 Å². The molecule has 0 N–H and O–H groups in total. The second-order valence-corrected chi connectivity index (χ2v) is 6.21. The molecule has 3 heteroatoms. The Morgan fingerprint density at radius 2 is 1.56 bits per heavy atom. The lowest BCUT2D eigenvalue weighted by Gasteiger charge is -2.09. The molecule has 0 aliphatic heterocycles. The summed E-state index contributed by atoms with van der Waals surface area (Å²) in [6.07, 6.45) is 4.56. The third-order valence-electron chi connectivity index (χ3n) is 1.39. The third-order valence-corrected chi connectivity index (χ3v) is 4.43. The Balaban J connectivity index is 0. The van der Waals surface area contributed by atoms with Crippen molar-refractivity contribution in [3.63, 3.8) is 0 Å². The summed E-state index contributed by atoms with van der Waals surface area (Å²) in [7, 11) is 0.563. The highest BCUT2D eigenvalue weighted by atomic mass is 79.9. The van der Waals surface area contributed by atoms with Gasteiger partial charge in [0.15, 0.2) is 0 Å². The molecule has 0 radical (unpaired) electrons. The highest BCUT2D eigenvalue weighted by Gasteiger charge is 2.19. The molecule has 0 aromatic carbocycles. The number of hydrogen-bond donors (Lipinski definition) is 0. The first-order chi connectivity index (χ1) is 3.55. The third kappa shape index (κ3) is 5.74. The molecule has 0 aliphatic rings. The number of halogens is 2. The lowest BCUT2D eigenvalue weighted by Crippen LogP contribution is -3.00. The van der Waals surface area contributed by atoms with Gasteiger partial charge in [0.1, 0.15) is 5.25 Å². The van der Waals surface area contributed by atoms with Crippen LogP contribution in [0.3, 0.4) is 0 Å². The first-order valence-electron chi connectivity index (χ1n) is 2.76. The molecule has 0 aromatic rings. The van der Waals surface area contributed by atoms with E-state index in [1.165, 1.54) is 0 Å². The Labute approximate surface area is 80.0 Å². The van der Waals surface area contributed by atoms with E-state index in [4.69, 9.17) is 0 Å². The summed E-state index contributed by atoms with van der Waals surface area (Å²) in [4.78, 5) is 0.667. The maximum Gasteiger partial charge on any atom is 0.127 e. The van der Waals surface area contributed by atoms with Crippen LogP contribution in [-0.4, -0.2) is 22.6 Å². The number of rotatable bonds is 2. The van der Waals surface area contributed by atoms with Crippen LogP contribution in [-0.2, 0) is 10.9 Å². The first-order valence-corrected chi connectivity index (χ1v) is 5.78. The van der Waals surface area contributed by atoms with Crippen molar-refractivity contribution < 1.29 is 17.0 Å². The van der Waals surface area contributed by atoms with Gasteiger partial charge in [-0.1, -0.05) is 15.9 Å². The van der Waals surface area contributed by atoms with Crippen molar-refractivity contribution in [1.29, 1.82) is 0 Å². The monoisotopic (exact) mass is 276 g/mol. The zero-order valence-electron chi connectivity index (χ0n) is 6.32. The molecule has 0 heterocycles. The molecular weight excluding hydrogens is 264 g/mol. The van der Waals surface area contributed by atoms with Gasteiger partial charge < -0.3 is 17.0 Å². The topological polar surface area (TPSA) is 0 Å². The molecule has 0 amide bonds. The van der Waals surface area contributed by atoms with Crippen LogP contribution in [0.25, 0.3) is 0 Å². The van der Waals surface area contributed by atoms with Crippen LogP contribution in [0.15, 0.2) is 0 Å². The fourth-order valence-corrected chi connectivity index (χ4v) is 2.42. The van der Waals surface area contributed by atoms with Crippen molar-refractivity contribution in [3.8, 4) is 0 Å². The smallest absolute Gasteiger partial charge is 0.127 e. The van der Waals surface area contributed by atoms with Gasteiger partial charge in [0, 0.05) is 0 Å². The molecule has 0 aromatic heterocycles. The van der Waals surface area contributed by atoms with Gasteiger partial charge in [-0.2, -0.15) is 0 Å². The Kier molecular flexibility index (Phi) is 8.70. The minimum absolute atomic E-state index is 0. The number of hydrogen-bond acceptors (Lipinski definition) is 0. The van der Waals surface area contributed by atoms with Crippen molar-refractivity contribution in [2.45, 2.75) is 23.9 Å². The Hall–Kier alpha value is 1.31. The fourth-order valence-electron chi connectivity index (χ4n) is 0.375. The van der Waals surface area contributed by atoms with Crippen LogP contribution in [0.1, 0.15) is 13.8 Å². The zero-order chi connectivity index (χ0) is 6.73. The van der Waals surface area contributed by atoms with Gasteiger partial charge in [0.25, 0.3) is 0 Å². The van der Waals surface area contributed by atoms with Gasteiger partial charge in [-0.3, -0.25) is 0 Å². The number of alkyl halides is 1. The molecule has 0 bridgehead atoms. The summed E-state index contributed by atoms with van der Waals surface area (Å²) in [5.74, 6) is 0. The lowest BCUT2D eigenvalue weighted by molar-refractivity contribution is -0.00000182. The van der Waals surface area contributed by atoms with E-state index < -0.39 is 0 Å². The predicted octanol–water partition coefficient (Wildman–Crippen LogP) is -0.960. The quantitative estimate of drug-likeness (QED) is 0.451.